The second-order valence-electron chi connectivity index (χ2n) is 7.96. The number of nitrogens with one attached hydrogen (secondary N) is 2. The fourth-order valence-corrected chi connectivity index (χ4v) is 3.52. The van der Waals surface area contributed by atoms with Gasteiger partial charge < -0.3 is 10.6 Å². The smallest absolute Gasteiger partial charge is 0.274 e. The molecule has 7 heteroatoms. The molecular formula is C21H32N6O. The summed E-state index contributed by atoms with van der Waals surface area (Å²) in [6.45, 7) is 9.63. The van der Waals surface area contributed by atoms with Crippen LogP contribution in [0.1, 0.15) is 60.0 Å². The summed E-state index contributed by atoms with van der Waals surface area (Å²) in [5, 5.41) is 14.7. The van der Waals surface area contributed by atoms with Gasteiger partial charge in [0.15, 0.2) is 5.69 Å². The molecule has 0 spiro atoms. The molecule has 0 radical (unpaired) electrons. The van der Waals surface area contributed by atoms with Crippen LogP contribution in [0.5, 0.6) is 0 Å². The third-order valence-electron chi connectivity index (χ3n) is 5.56. The van der Waals surface area contributed by atoms with Crippen LogP contribution in [-0.4, -0.2) is 52.0 Å². The fraction of sp³-hybridized carbons (Fsp3) is 0.571. The first kappa shape index (κ1) is 20.5. The molecule has 28 heavy (non-hydrogen) atoms. The van der Waals surface area contributed by atoms with E-state index >= 15 is 0 Å². The average Bonchev–Trinajstić information content (AvgIpc) is 3.08. The Bertz CT molecular complexity index is 794. The number of rotatable bonds is 7. The molecule has 2 N–H and O–H groups in total. The number of hydrogen-bond acceptors (Lipinski definition) is 5. The number of hydrogen-bond donors (Lipinski definition) is 2. The molecule has 0 bridgehead atoms. The summed E-state index contributed by atoms with van der Waals surface area (Å²) in [6.07, 6.45) is 2.03. The van der Waals surface area contributed by atoms with Crippen molar-refractivity contribution in [2.75, 3.05) is 20.1 Å². The third kappa shape index (κ3) is 4.97. The van der Waals surface area contributed by atoms with E-state index in [4.69, 9.17) is 0 Å². The van der Waals surface area contributed by atoms with Crippen molar-refractivity contribution < 1.29 is 4.79 Å². The summed E-state index contributed by atoms with van der Waals surface area (Å²) in [4.78, 5) is 14.9. The Morgan fingerprint density at radius 1 is 1.32 bits per heavy atom. The molecule has 2 heterocycles. The molecular weight excluding hydrogens is 352 g/mol. The van der Waals surface area contributed by atoms with Gasteiger partial charge in [-0.2, -0.15) is 0 Å². The maximum atomic E-state index is 12.6. The minimum absolute atomic E-state index is 0.164. The monoisotopic (exact) mass is 384 g/mol. The van der Waals surface area contributed by atoms with Crippen molar-refractivity contribution >= 4 is 5.91 Å². The quantitative estimate of drug-likeness (QED) is 0.766. The predicted molar refractivity (Wildman–Crippen MR) is 110 cm³/mol. The topological polar surface area (TPSA) is 75.1 Å². The summed E-state index contributed by atoms with van der Waals surface area (Å²) in [7, 11) is 2.12. The van der Waals surface area contributed by atoms with Gasteiger partial charge in [-0.1, -0.05) is 29.5 Å². The standard InChI is InChI=1S/C21H32N6O/c1-15(2)26(4)14-18-7-5-6-17(12-18)13-23-21(28)20-16(3)27(25-24-20)19-8-10-22-11-9-19/h5-7,12,15,19,22H,8-11,13-14H2,1-4H3,(H,23,28). The normalized spacial score (nSPS) is 15.4. The van der Waals surface area contributed by atoms with Gasteiger partial charge in [-0.05, 0) is 64.9 Å². The summed E-state index contributed by atoms with van der Waals surface area (Å²) in [5.74, 6) is -0.164. The first-order chi connectivity index (χ1) is 13.5. The van der Waals surface area contributed by atoms with E-state index in [0.717, 1.165) is 43.7 Å². The first-order valence-corrected chi connectivity index (χ1v) is 10.1. The van der Waals surface area contributed by atoms with Crippen molar-refractivity contribution in [3.63, 3.8) is 0 Å². The minimum Gasteiger partial charge on any atom is -0.347 e. The van der Waals surface area contributed by atoms with Gasteiger partial charge in [0.1, 0.15) is 0 Å². The summed E-state index contributed by atoms with van der Waals surface area (Å²) < 4.78 is 1.91. The van der Waals surface area contributed by atoms with Crippen molar-refractivity contribution in [1.29, 1.82) is 0 Å². The molecule has 7 nitrogen and oxygen atoms in total. The minimum atomic E-state index is -0.164. The van der Waals surface area contributed by atoms with Crippen LogP contribution in [0.3, 0.4) is 0 Å². The molecule has 1 aromatic heterocycles. The zero-order valence-electron chi connectivity index (χ0n) is 17.4. The number of carbonyl (C=O) groups is 1. The highest BCUT2D eigenvalue weighted by Crippen LogP contribution is 2.20. The van der Waals surface area contributed by atoms with Crippen molar-refractivity contribution in [1.82, 2.24) is 30.5 Å². The third-order valence-corrected chi connectivity index (χ3v) is 5.56. The molecule has 152 valence electrons. The molecule has 1 saturated heterocycles. The number of piperidine rings is 1. The number of amides is 1. The lowest BCUT2D eigenvalue weighted by Gasteiger charge is -2.23. The summed E-state index contributed by atoms with van der Waals surface area (Å²) in [5.41, 5.74) is 3.60. The van der Waals surface area contributed by atoms with Gasteiger partial charge in [-0.25, -0.2) is 4.68 Å². The fourth-order valence-electron chi connectivity index (χ4n) is 3.52. The Kier molecular flexibility index (Phi) is 6.80. The Hall–Kier alpha value is -2.25. The molecule has 0 saturated carbocycles. The van der Waals surface area contributed by atoms with Gasteiger partial charge in [0.25, 0.3) is 5.91 Å². The molecule has 1 aromatic carbocycles. The molecule has 3 rings (SSSR count). The lowest BCUT2D eigenvalue weighted by atomic mass is 10.1. The molecule has 1 aliphatic heterocycles. The van der Waals surface area contributed by atoms with Gasteiger partial charge in [0.2, 0.25) is 0 Å². The maximum Gasteiger partial charge on any atom is 0.274 e. The highest BCUT2D eigenvalue weighted by Gasteiger charge is 2.22. The molecule has 0 unspecified atom stereocenters. The van der Waals surface area contributed by atoms with E-state index in [-0.39, 0.29) is 5.91 Å². The van der Waals surface area contributed by atoms with Crippen LogP contribution in [0.25, 0.3) is 0 Å². The molecule has 1 fully saturated rings. The van der Waals surface area contributed by atoms with Crippen LogP contribution < -0.4 is 10.6 Å². The van der Waals surface area contributed by atoms with Gasteiger partial charge in [0, 0.05) is 19.1 Å². The molecule has 0 atom stereocenters. The van der Waals surface area contributed by atoms with Crippen LogP contribution in [0.2, 0.25) is 0 Å². The van der Waals surface area contributed by atoms with Gasteiger partial charge in [-0.15, -0.1) is 5.10 Å². The second-order valence-corrected chi connectivity index (χ2v) is 7.96. The highest BCUT2D eigenvalue weighted by molar-refractivity contribution is 5.93. The Balaban J connectivity index is 1.61. The van der Waals surface area contributed by atoms with Crippen LogP contribution in [0.4, 0.5) is 0 Å². The van der Waals surface area contributed by atoms with E-state index in [0.29, 0.717) is 24.3 Å². The second kappa shape index (κ2) is 9.30. The van der Waals surface area contributed by atoms with Crippen LogP contribution >= 0.6 is 0 Å². The lowest BCUT2D eigenvalue weighted by molar-refractivity contribution is 0.0945. The number of carbonyl (C=O) groups excluding carboxylic acids is 1. The Morgan fingerprint density at radius 2 is 2.04 bits per heavy atom. The first-order valence-electron chi connectivity index (χ1n) is 10.1. The highest BCUT2D eigenvalue weighted by atomic mass is 16.2. The van der Waals surface area contributed by atoms with Crippen molar-refractivity contribution in [3.05, 3.63) is 46.8 Å². The molecule has 2 aromatic rings. The maximum absolute atomic E-state index is 12.6. The van der Waals surface area contributed by atoms with Gasteiger partial charge in [0.05, 0.1) is 11.7 Å². The Labute approximate surface area is 167 Å². The largest absolute Gasteiger partial charge is 0.347 e. The van der Waals surface area contributed by atoms with Crippen molar-refractivity contribution in [3.8, 4) is 0 Å². The molecule has 1 aliphatic rings. The van der Waals surface area contributed by atoms with Crippen molar-refractivity contribution in [2.24, 2.45) is 0 Å². The van der Waals surface area contributed by atoms with Gasteiger partial charge >= 0.3 is 0 Å². The van der Waals surface area contributed by atoms with Crippen LogP contribution in [0, 0.1) is 6.92 Å². The number of nitrogens with zero attached hydrogens (tertiary/aromatic N) is 4. The average molecular weight is 385 g/mol. The molecule has 1 amide bonds. The van der Waals surface area contributed by atoms with E-state index in [1.54, 1.807) is 0 Å². The molecule has 0 aliphatic carbocycles. The number of aromatic nitrogens is 3. The van der Waals surface area contributed by atoms with Gasteiger partial charge in [-0.3, -0.25) is 9.69 Å². The predicted octanol–water partition coefficient (Wildman–Crippen LogP) is 2.28. The van der Waals surface area contributed by atoms with E-state index in [2.05, 4.69) is 58.9 Å². The summed E-state index contributed by atoms with van der Waals surface area (Å²) in [6, 6.07) is 9.18. The zero-order chi connectivity index (χ0) is 20.1. The van der Waals surface area contributed by atoms with E-state index < -0.39 is 0 Å². The van der Waals surface area contributed by atoms with Crippen LogP contribution in [-0.2, 0) is 13.1 Å². The van der Waals surface area contributed by atoms with E-state index in [9.17, 15) is 4.79 Å². The van der Waals surface area contributed by atoms with E-state index in [1.165, 1.54) is 5.56 Å². The van der Waals surface area contributed by atoms with Crippen LogP contribution in [0.15, 0.2) is 24.3 Å². The van der Waals surface area contributed by atoms with E-state index in [1.807, 2.05) is 23.7 Å². The summed E-state index contributed by atoms with van der Waals surface area (Å²) >= 11 is 0. The lowest BCUT2D eigenvalue weighted by Crippen LogP contribution is -2.30. The number of benzene rings is 1. The Morgan fingerprint density at radius 3 is 2.75 bits per heavy atom. The zero-order valence-corrected chi connectivity index (χ0v) is 17.4. The van der Waals surface area contributed by atoms with Crippen molar-refractivity contribution in [2.45, 2.75) is 58.8 Å². The SMILES string of the molecule is Cc1c(C(=O)NCc2cccc(CN(C)C(C)C)c2)nnn1C1CCNCC1.